The summed E-state index contributed by atoms with van der Waals surface area (Å²) in [5.41, 5.74) is 1.84. The van der Waals surface area contributed by atoms with E-state index in [0.29, 0.717) is 0 Å². The average molecular weight is 289 g/mol. The minimum atomic E-state index is -0.0796. The molecule has 0 bridgehead atoms. The molecule has 2 aromatic rings. The lowest BCUT2D eigenvalue weighted by Crippen LogP contribution is -2.10. The van der Waals surface area contributed by atoms with Crippen molar-refractivity contribution in [1.82, 2.24) is 19.7 Å². The molecule has 6 nitrogen and oxygen atoms in total. The van der Waals surface area contributed by atoms with Crippen molar-refractivity contribution >= 4 is 5.82 Å². The van der Waals surface area contributed by atoms with Crippen LogP contribution in [-0.2, 0) is 11.8 Å². The first-order chi connectivity index (χ1) is 10.2. The van der Waals surface area contributed by atoms with Crippen LogP contribution in [0.15, 0.2) is 18.5 Å². The van der Waals surface area contributed by atoms with Crippen molar-refractivity contribution in [3.63, 3.8) is 0 Å². The number of anilines is 1. The average Bonchev–Trinajstić information content (AvgIpc) is 2.91. The Labute approximate surface area is 125 Å². The standard InChI is InChI=1S/C15H23N5O/c1-5-7-13(21-4)15-18-12(8-14(19-15)16-6-2)11-9-17-20(3)10-11/h8-10,13H,5-7H2,1-4H3,(H,16,18,19). The van der Waals surface area contributed by atoms with Crippen LogP contribution in [0.2, 0.25) is 0 Å². The van der Waals surface area contributed by atoms with Crippen molar-refractivity contribution in [3.05, 3.63) is 24.3 Å². The van der Waals surface area contributed by atoms with E-state index in [1.165, 1.54) is 0 Å². The molecule has 1 unspecified atom stereocenters. The third-order valence-corrected chi connectivity index (χ3v) is 3.23. The van der Waals surface area contributed by atoms with Gasteiger partial charge in [-0.1, -0.05) is 13.3 Å². The van der Waals surface area contributed by atoms with Gasteiger partial charge in [0.2, 0.25) is 0 Å². The molecular formula is C15H23N5O. The fraction of sp³-hybridized carbons (Fsp3) is 0.533. The number of hydrogen-bond donors (Lipinski definition) is 1. The summed E-state index contributed by atoms with van der Waals surface area (Å²) in [6, 6.07) is 1.95. The fourth-order valence-electron chi connectivity index (χ4n) is 2.20. The van der Waals surface area contributed by atoms with Crippen molar-refractivity contribution < 1.29 is 4.74 Å². The maximum Gasteiger partial charge on any atom is 0.160 e. The molecule has 0 aliphatic heterocycles. The zero-order valence-electron chi connectivity index (χ0n) is 13.1. The van der Waals surface area contributed by atoms with E-state index in [2.05, 4.69) is 27.3 Å². The Morgan fingerprint density at radius 2 is 2.14 bits per heavy atom. The molecule has 6 heteroatoms. The van der Waals surface area contributed by atoms with Gasteiger partial charge < -0.3 is 10.1 Å². The van der Waals surface area contributed by atoms with Gasteiger partial charge in [0, 0.05) is 38.5 Å². The van der Waals surface area contributed by atoms with Gasteiger partial charge in [-0.05, 0) is 13.3 Å². The third kappa shape index (κ3) is 3.78. The Bertz CT molecular complexity index is 581. The van der Waals surface area contributed by atoms with Crippen LogP contribution in [-0.4, -0.2) is 33.4 Å². The van der Waals surface area contributed by atoms with Crippen LogP contribution in [0.5, 0.6) is 0 Å². The lowest BCUT2D eigenvalue weighted by atomic mass is 10.1. The summed E-state index contributed by atoms with van der Waals surface area (Å²) in [7, 11) is 3.60. The van der Waals surface area contributed by atoms with E-state index in [1.54, 1.807) is 11.8 Å². The number of aromatic nitrogens is 4. The number of nitrogens with one attached hydrogen (secondary N) is 1. The largest absolute Gasteiger partial charge is 0.373 e. The van der Waals surface area contributed by atoms with Crippen LogP contribution in [0.4, 0.5) is 5.82 Å². The van der Waals surface area contributed by atoms with Gasteiger partial charge in [-0.15, -0.1) is 0 Å². The maximum absolute atomic E-state index is 5.53. The summed E-state index contributed by atoms with van der Waals surface area (Å²) in [5.74, 6) is 1.54. The molecule has 0 aliphatic rings. The van der Waals surface area contributed by atoms with E-state index in [1.807, 2.05) is 32.4 Å². The lowest BCUT2D eigenvalue weighted by Gasteiger charge is -2.15. The van der Waals surface area contributed by atoms with E-state index in [9.17, 15) is 0 Å². The van der Waals surface area contributed by atoms with Gasteiger partial charge in [0.05, 0.1) is 11.9 Å². The molecule has 0 radical (unpaired) electrons. The van der Waals surface area contributed by atoms with E-state index in [0.717, 1.165) is 42.3 Å². The summed E-state index contributed by atoms with van der Waals surface area (Å²) in [6.07, 6.45) is 5.60. The predicted octanol–water partition coefficient (Wildman–Crippen LogP) is 2.80. The molecule has 2 aromatic heterocycles. The first kappa shape index (κ1) is 15.4. The Morgan fingerprint density at radius 1 is 1.33 bits per heavy atom. The highest BCUT2D eigenvalue weighted by Gasteiger charge is 2.16. The van der Waals surface area contributed by atoms with Crippen molar-refractivity contribution in [2.45, 2.75) is 32.8 Å². The highest BCUT2D eigenvalue weighted by Crippen LogP contribution is 2.25. The Balaban J connectivity index is 2.42. The number of ether oxygens (including phenoxy) is 1. The Kier molecular flexibility index (Phi) is 5.27. The van der Waals surface area contributed by atoms with Gasteiger partial charge in [-0.25, -0.2) is 9.97 Å². The molecule has 0 aromatic carbocycles. The van der Waals surface area contributed by atoms with Crippen LogP contribution >= 0.6 is 0 Å². The first-order valence-electron chi connectivity index (χ1n) is 7.32. The van der Waals surface area contributed by atoms with E-state index in [4.69, 9.17) is 4.74 Å². The maximum atomic E-state index is 5.53. The van der Waals surface area contributed by atoms with E-state index in [-0.39, 0.29) is 6.10 Å². The number of methoxy groups -OCH3 is 1. The smallest absolute Gasteiger partial charge is 0.160 e. The summed E-state index contributed by atoms with van der Waals surface area (Å²) >= 11 is 0. The van der Waals surface area contributed by atoms with Gasteiger partial charge in [-0.2, -0.15) is 5.10 Å². The zero-order chi connectivity index (χ0) is 15.2. The fourth-order valence-corrected chi connectivity index (χ4v) is 2.20. The Hall–Kier alpha value is -1.95. The molecule has 2 heterocycles. The molecule has 0 saturated carbocycles. The number of hydrogen-bond acceptors (Lipinski definition) is 5. The van der Waals surface area contributed by atoms with Gasteiger partial charge >= 0.3 is 0 Å². The molecule has 0 saturated heterocycles. The molecule has 21 heavy (non-hydrogen) atoms. The van der Waals surface area contributed by atoms with Crippen LogP contribution in [0.25, 0.3) is 11.3 Å². The topological polar surface area (TPSA) is 64.9 Å². The van der Waals surface area contributed by atoms with Crippen LogP contribution in [0.1, 0.15) is 38.6 Å². The number of aryl methyl sites for hydroxylation is 1. The highest BCUT2D eigenvalue weighted by atomic mass is 16.5. The lowest BCUT2D eigenvalue weighted by molar-refractivity contribution is 0.0878. The van der Waals surface area contributed by atoms with Gasteiger partial charge in [-0.3, -0.25) is 4.68 Å². The normalized spacial score (nSPS) is 12.4. The second kappa shape index (κ2) is 7.17. The minimum Gasteiger partial charge on any atom is -0.373 e. The SMILES string of the molecule is CCCC(OC)c1nc(NCC)cc(-c2cnn(C)c2)n1. The van der Waals surface area contributed by atoms with Crippen molar-refractivity contribution in [3.8, 4) is 11.3 Å². The highest BCUT2D eigenvalue weighted by molar-refractivity contribution is 5.61. The van der Waals surface area contributed by atoms with Crippen molar-refractivity contribution in [1.29, 1.82) is 0 Å². The predicted molar refractivity (Wildman–Crippen MR) is 83.1 cm³/mol. The molecule has 114 valence electrons. The summed E-state index contributed by atoms with van der Waals surface area (Å²) in [6.45, 7) is 4.99. The van der Waals surface area contributed by atoms with Gasteiger partial charge in [0.15, 0.2) is 5.82 Å². The van der Waals surface area contributed by atoms with Crippen molar-refractivity contribution in [2.75, 3.05) is 19.0 Å². The molecule has 1 atom stereocenters. The zero-order valence-corrected chi connectivity index (χ0v) is 13.1. The number of rotatable bonds is 7. The van der Waals surface area contributed by atoms with Crippen LogP contribution in [0.3, 0.4) is 0 Å². The third-order valence-electron chi connectivity index (χ3n) is 3.23. The van der Waals surface area contributed by atoms with Crippen LogP contribution in [0, 0.1) is 0 Å². The van der Waals surface area contributed by atoms with Crippen molar-refractivity contribution in [2.24, 2.45) is 7.05 Å². The minimum absolute atomic E-state index is 0.0796. The quantitative estimate of drug-likeness (QED) is 0.849. The van der Waals surface area contributed by atoms with E-state index < -0.39 is 0 Å². The summed E-state index contributed by atoms with van der Waals surface area (Å²) in [5, 5.41) is 7.46. The molecule has 0 amide bonds. The second-order valence-corrected chi connectivity index (χ2v) is 4.94. The van der Waals surface area contributed by atoms with E-state index >= 15 is 0 Å². The first-order valence-corrected chi connectivity index (χ1v) is 7.32. The van der Waals surface area contributed by atoms with Gasteiger partial charge in [0.25, 0.3) is 0 Å². The van der Waals surface area contributed by atoms with Gasteiger partial charge in [0.1, 0.15) is 11.9 Å². The summed E-state index contributed by atoms with van der Waals surface area (Å²) in [4.78, 5) is 9.23. The molecule has 2 rings (SSSR count). The van der Waals surface area contributed by atoms with Crippen LogP contribution < -0.4 is 5.32 Å². The second-order valence-electron chi connectivity index (χ2n) is 4.94. The molecular weight excluding hydrogens is 266 g/mol. The molecule has 0 aliphatic carbocycles. The Morgan fingerprint density at radius 3 is 2.71 bits per heavy atom. The summed E-state index contributed by atoms with van der Waals surface area (Å²) < 4.78 is 7.30. The molecule has 0 spiro atoms. The number of nitrogens with zero attached hydrogens (tertiary/aromatic N) is 4. The molecule has 1 N–H and O–H groups in total. The molecule has 0 fully saturated rings. The monoisotopic (exact) mass is 289 g/mol.